The molecule has 2 rings (SSSR count). The topological polar surface area (TPSA) is 67.4 Å². The summed E-state index contributed by atoms with van der Waals surface area (Å²) >= 11 is 0. The molecule has 0 saturated heterocycles. The molecule has 26 heavy (non-hydrogen) atoms. The summed E-state index contributed by atoms with van der Waals surface area (Å²) in [6.07, 6.45) is 0.699. The molecule has 0 aliphatic rings. The lowest BCUT2D eigenvalue weighted by Gasteiger charge is -2.15. The minimum atomic E-state index is -0.594. The molecule has 138 valence electrons. The quantitative estimate of drug-likeness (QED) is 0.795. The molecule has 2 aromatic rings. The van der Waals surface area contributed by atoms with Crippen LogP contribution >= 0.6 is 0 Å². The number of halogens is 1. The predicted molar refractivity (Wildman–Crippen MR) is 99.0 cm³/mol. The van der Waals surface area contributed by atoms with Crippen LogP contribution in [-0.4, -0.2) is 31.6 Å². The molecule has 0 aromatic heterocycles. The van der Waals surface area contributed by atoms with Crippen LogP contribution in [0.1, 0.15) is 39.6 Å². The predicted octanol–water partition coefficient (Wildman–Crippen LogP) is 3.54. The highest BCUT2D eigenvalue weighted by atomic mass is 19.1. The minimum Gasteiger partial charge on any atom is -0.385 e. The zero-order valence-corrected chi connectivity index (χ0v) is 15.1. The lowest BCUT2D eigenvalue weighted by molar-refractivity contribution is 0.0928. The Morgan fingerprint density at radius 2 is 1.88 bits per heavy atom. The zero-order valence-electron chi connectivity index (χ0n) is 15.1. The number of hydrogen-bond donors (Lipinski definition) is 2. The number of carbonyl (C=O) groups excluding carboxylic acids is 2. The molecule has 2 amide bonds. The maximum absolute atomic E-state index is 13.8. The van der Waals surface area contributed by atoms with E-state index in [1.165, 1.54) is 18.2 Å². The van der Waals surface area contributed by atoms with Crippen LogP contribution in [0.15, 0.2) is 42.5 Å². The van der Waals surface area contributed by atoms with Crippen LogP contribution in [0, 0.1) is 12.7 Å². The number of rotatable bonds is 7. The van der Waals surface area contributed by atoms with Gasteiger partial charge in [0.2, 0.25) is 0 Å². The highest BCUT2D eigenvalue weighted by Crippen LogP contribution is 2.19. The van der Waals surface area contributed by atoms with E-state index in [-0.39, 0.29) is 17.5 Å². The smallest absolute Gasteiger partial charge is 0.258 e. The van der Waals surface area contributed by atoms with Crippen LogP contribution < -0.4 is 10.6 Å². The molecule has 0 heterocycles. The first-order chi connectivity index (χ1) is 12.4. The summed E-state index contributed by atoms with van der Waals surface area (Å²) in [4.78, 5) is 24.7. The number of carbonyl (C=O) groups is 2. The fourth-order valence-corrected chi connectivity index (χ4v) is 2.41. The van der Waals surface area contributed by atoms with E-state index >= 15 is 0 Å². The second-order valence-electron chi connectivity index (χ2n) is 6.12. The van der Waals surface area contributed by atoms with Gasteiger partial charge in [-0.2, -0.15) is 0 Å². The minimum absolute atomic E-state index is 0.0415. The highest BCUT2D eigenvalue weighted by molar-refractivity contribution is 6.05. The molecule has 1 atom stereocenters. The molecule has 0 spiro atoms. The third-order valence-electron chi connectivity index (χ3n) is 4.00. The largest absolute Gasteiger partial charge is 0.385 e. The van der Waals surface area contributed by atoms with Gasteiger partial charge in [-0.1, -0.05) is 18.2 Å². The number of methoxy groups -OCH3 is 1. The molecule has 6 heteroatoms. The van der Waals surface area contributed by atoms with E-state index in [0.29, 0.717) is 24.3 Å². The molecule has 2 N–H and O–H groups in total. The molecule has 1 unspecified atom stereocenters. The van der Waals surface area contributed by atoms with E-state index in [1.54, 1.807) is 38.3 Å². The van der Waals surface area contributed by atoms with Gasteiger partial charge in [0.05, 0.1) is 5.56 Å². The van der Waals surface area contributed by atoms with Gasteiger partial charge in [0.1, 0.15) is 5.82 Å². The zero-order chi connectivity index (χ0) is 19.1. The Balaban J connectivity index is 2.13. The lowest BCUT2D eigenvalue weighted by Crippen LogP contribution is -2.33. The van der Waals surface area contributed by atoms with Crippen molar-refractivity contribution in [2.75, 3.05) is 19.0 Å². The Kier molecular flexibility index (Phi) is 6.86. The fourth-order valence-electron chi connectivity index (χ4n) is 2.41. The summed E-state index contributed by atoms with van der Waals surface area (Å²) in [7, 11) is 1.61. The van der Waals surface area contributed by atoms with E-state index in [1.807, 2.05) is 6.92 Å². The number of hydrogen-bond acceptors (Lipinski definition) is 3. The summed E-state index contributed by atoms with van der Waals surface area (Å²) in [5, 5.41) is 5.55. The van der Waals surface area contributed by atoms with Crippen molar-refractivity contribution in [1.82, 2.24) is 5.32 Å². The van der Waals surface area contributed by atoms with Gasteiger partial charge < -0.3 is 15.4 Å². The van der Waals surface area contributed by atoms with Gasteiger partial charge in [-0.05, 0) is 50.1 Å². The molecule has 0 bridgehead atoms. The average molecular weight is 358 g/mol. The van der Waals surface area contributed by atoms with E-state index in [9.17, 15) is 14.0 Å². The van der Waals surface area contributed by atoms with Crippen molar-refractivity contribution < 1.29 is 18.7 Å². The van der Waals surface area contributed by atoms with Crippen molar-refractivity contribution in [2.45, 2.75) is 26.3 Å². The second kappa shape index (κ2) is 9.10. The van der Waals surface area contributed by atoms with Crippen LogP contribution in [0.3, 0.4) is 0 Å². The van der Waals surface area contributed by atoms with E-state index in [2.05, 4.69) is 10.6 Å². The Bertz CT molecular complexity index is 792. The van der Waals surface area contributed by atoms with E-state index in [0.717, 1.165) is 5.56 Å². The van der Waals surface area contributed by atoms with Crippen molar-refractivity contribution in [3.63, 3.8) is 0 Å². The Hall–Kier alpha value is -2.73. The number of anilines is 1. The van der Waals surface area contributed by atoms with Crippen LogP contribution in [0.4, 0.5) is 10.1 Å². The van der Waals surface area contributed by atoms with Crippen molar-refractivity contribution >= 4 is 17.5 Å². The van der Waals surface area contributed by atoms with Gasteiger partial charge in [0.25, 0.3) is 11.8 Å². The Morgan fingerprint density at radius 3 is 2.58 bits per heavy atom. The van der Waals surface area contributed by atoms with Crippen LogP contribution in [0.2, 0.25) is 0 Å². The van der Waals surface area contributed by atoms with Gasteiger partial charge in [-0.15, -0.1) is 0 Å². The number of amides is 2. The van der Waals surface area contributed by atoms with Crippen LogP contribution in [0.25, 0.3) is 0 Å². The first-order valence-electron chi connectivity index (χ1n) is 8.38. The Morgan fingerprint density at radius 1 is 1.15 bits per heavy atom. The van der Waals surface area contributed by atoms with Gasteiger partial charge >= 0.3 is 0 Å². The summed E-state index contributed by atoms with van der Waals surface area (Å²) in [6.45, 7) is 4.26. The number of ether oxygens (including phenoxy) is 1. The van der Waals surface area contributed by atoms with Crippen LogP contribution in [-0.2, 0) is 4.74 Å². The summed E-state index contributed by atoms with van der Waals surface area (Å²) in [5.41, 5.74) is 1.62. The average Bonchev–Trinajstić information content (AvgIpc) is 2.62. The normalized spacial score (nSPS) is 11.7. The van der Waals surface area contributed by atoms with Crippen molar-refractivity contribution in [2.24, 2.45) is 0 Å². The monoisotopic (exact) mass is 358 g/mol. The Labute approximate surface area is 152 Å². The molecule has 2 aromatic carbocycles. The van der Waals surface area contributed by atoms with E-state index in [4.69, 9.17) is 4.74 Å². The fraction of sp³-hybridized carbons (Fsp3) is 0.300. The standard InChI is InChI=1S/C20H23FN2O3/c1-13-8-9-15(19(24)22-14(2)10-11-26-3)12-18(13)23-20(25)16-6-4-5-7-17(16)21/h4-9,12,14H,10-11H2,1-3H3,(H,22,24)(H,23,25). The van der Waals surface area contributed by atoms with Crippen molar-refractivity contribution in [3.05, 3.63) is 65.0 Å². The molecule has 0 saturated carbocycles. The molecular weight excluding hydrogens is 335 g/mol. The molecule has 0 fully saturated rings. The molecule has 0 aliphatic carbocycles. The van der Waals surface area contributed by atoms with Crippen molar-refractivity contribution in [1.29, 1.82) is 0 Å². The van der Waals surface area contributed by atoms with Gasteiger partial charge in [0, 0.05) is 31.0 Å². The van der Waals surface area contributed by atoms with E-state index < -0.39 is 11.7 Å². The first kappa shape index (κ1) is 19.6. The van der Waals surface area contributed by atoms with Gasteiger partial charge in [-0.25, -0.2) is 4.39 Å². The number of benzene rings is 2. The summed E-state index contributed by atoms with van der Waals surface area (Å²) in [5.74, 6) is -1.39. The van der Waals surface area contributed by atoms with Crippen LogP contribution in [0.5, 0.6) is 0 Å². The van der Waals surface area contributed by atoms with Gasteiger partial charge in [0.15, 0.2) is 0 Å². The molecule has 5 nitrogen and oxygen atoms in total. The molecular formula is C20H23FN2O3. The van der Waals surface area contributed by atoms with Gasteiger partial charge in [-0.3, -0.25) is 9.59 Å². The highest BCUT2D eigenvalue weighted by Gasteiger charge is 2.15. The number of aryl methyl sites for hydroxylation is 1. The maximum Gasteiger partial charge on any atom is 0.258 e. The second-order valence-corrected chi connectivity index (χ2v) is 6.12. The van der Waals surface area contributed by atoms with Crippen molar-refractivity contribution in [3.8, 4) is 0 Å². The third kappa shape index (κ3) is 5.13. The SMILES string of the molecule is COCCC(C)NC(=O)c1ccc(C)c(NC(=O)c2ccccc2F)c1. The molecule has 0 radical (unpaired) electrons. The third-order valence-corrected chi connectivity index (χ3v) is 4.00. The first-order valence-corrected chi connectivity index (χ1v) is 8.38. The maximum atomic E-state index is 13.8. The molecule has 0 aliphatic heterocycles. The summed E-state index contributed by atoms with van der Waals surface area (Å²) < 4.78 is 18.8. The number of nitrogens with one attached hydrogen (secondary N) is 2. The summed E-state index contributed by atoms with van der Waals surface area (Å²) in [6, 6.07) is 10.7. The lowest BCUT2D eigenvalue weighted by atomic mass is 10.1.